The molecule has 0 bridgehead atoms. The topological polar surface area (TPSA) is 126 Å². The van der Waals surface area contributed by atoms with Crippen LogP contribution < -0.4 is 4.74 Å². The number of aromatic hydroxyl groups is 1. The first-order valence-corrected chi connectivity index (χ1v) is 8.65. The fourth-order valence-corrected chi connectivity index (χ4v) is 3.10. The predicted octanol–water partition coefficient (Wildman–Crippen LogP) is 1.03. The van der Waals surface area contributed by atoms with Crippen molar-refractivity contribution in [3.8, 4) is 11.5 Å². The monoisotopic (exact) mass is 378 g/mol. The normalized spacial score (nSPS) is 32.5. The maximum Gasteiger partial charge on any atom is 0.342 e. The van der Waals surface area contributed by atoms with Crippen LogP contribution in [0, 0.1) is 0 Å². The van der Waals surface area contributed by atoms with E-state index in [2.05, 4.69) is 0 Å². The van der Waals surface area contributed by atoms with Crippen LogP contribution in [0.25, 0.3) is 0 Å². The number of rotatable bonds is 1. The number of cyclic esters (lactones) is 1. The largest absolute Gasteiger partial charge is 0.507 e. The molecule has 2 aliphatic rings. The molecule has 0 aliphatic carbocycles. The van der Waals surface area contributed by atoms with Crippen molar-refractivity contribution in [2.45, 2.75) is 50.3 Å². The molecule has 3 rings (SSSR count). The Morgan fingerprint density at radius 1 is 1.22 bits per heavy atom. The molecule has 146 valence electrons. The highest BCUT2D eigenvalue weighted by atomic mass is 16.6. The van der Waals surface area contributed by atoms with E-state index >= 15 is 0 Å². The standard InChI is InChI=1S/C19H22O8/c1-9-4-3-5-12(20)17(23)14(22)8-15-18(27-15)11-6-10(25-2)7-13(21)16(11)19(24)26-9/h3,5-7,9,14-15,17-18,21-23H,4,8H2,1-2H3/b5-3-/t9-,14-,15-,17+,18-/m0/s1. The van der Waals surface area contributed by atoms with Crippen LogP contribution in [0.1, 0.15) is 41.8 Å². The zero-order valence-corrected chi connectivity index (χ0v) is 15.0. The van der Waals surface area contributed by atoms with Gasteiger partial charge in [0.25, 0.3) is 0 Å². The average Bonchev–Trinajstić information content (AvgIpc) is 3.38. The molecule has 0 radical (unpaired) electrons. The van der Waals surface area contributed by atoms with Crippen molar-refractivity contribution >= 4 is 11.8 Å². The molecule has 2 heterocycles. The summed E-state index contributed by atoms with van der Waals surface area (Å²) < 4.78 is 16.0. The second-order valence-electron chi connectivity index (χ2n) is 6.71. The van der Waals surface area contributed by atoms with Gasteiger partial charge in [-0.05, 0) is 19.1 Å². The van der Waals surface area contributed by atoms with Gasteiger partial charge in [-0.1, -0.05) is 6.08 Å². The van der Waals surface area contributed by atoms with Crippen LogP contribution >= 0.6 is 0 Å². The average molecular weight is 378 g/mol. The van der Waals surface area contributed by atoms with Crippen molar-refractivity contribution in [3.05, 3.63) is 35.4 Å². The molecule has 8 nitrogen and oxygen atoms in total. The molecule has 0 unspecified atom stereocenters. The fraction of sp³-hybridized carbons (Fsp3) is 0.474. The highest BCUT2D eigenvalue weighted by Crippen LogP contribution is 2.46. The second-order valence-corrected chi connectivity index (χ2v) is 6.71. The SMILES string of the molecule is COc1cc(O)c2c(c1)[C@@H]1O[C@H]1C[C@H](O)[C@H](O)C(=O)/C=C\C[C@H](C)OC2=O. The molecule has 0 amide bonds. The molecular weight excluding hydrogens is 356 g/mol. The molecule has 0 saturated carbocycles. The van der Waals surface area contributed by atoms with Crippen molar-refractivity contribution in [1.29, 1.82) is 0 Å². The summed E-state index contributed by atoms with van der Waals surface area (Å²) in [5, 5.41) is 30.4. The lowest BCUT2D eigenvalue weighted by molar-refractivity contribution is -0.128. The zero-order valence-electron chi connectivity index (χ0n) is 15.0. The smallest absolute Gasteiger partial charge is 0.342 e. The van der Waals surface area contributed by atoms with E-state index in [1.54, 1.807) is 13.0 Å². The summed E-state index contributed by atoms with van der Waals surface area (Å²) in [5.41, 5.74) is 0.344. The van der Waals surface area contributed by atoms with E-state index in [1.165, 1.54) is 19.3 Å². The highest BCUT2D eigenvalue weighted by molar-refractivity contribution is 5.95. The van der Waals surface area contributed by atoms with E-state index < -0.39 is 42.3 Å². The van der Waals surface area contributed by atoms with Crippen LogP contribution in [0.4, 0.5) is 0 Å². The van der Waals surface area contributed by atoms with E-state index in [4.69, 9.17) is 14.2 Å². The number of fused-ring (bicyclic) bond motifs is 3. The third-order valence-corrected chi connectivity index (χ3v) is 4.64. The minimum absolute atomic E-state index is 0.00568. The minimum atomic E-state index is -1.56. The van der Waals surface area contributed by atoms with Crippen LogP contribution in [0.3, 0.4) is 0 Å². The summed E-state index contributed by atoms with van der Waals surface area (Å²) in [4.78, 5) is 24.5. The van der Waals surface area contributed by atoms with Crippen LogP contribution in [-0.2, 0) is 14.3 Å². The van der Waals surface area contributed by atoms with Crippen molar-refractivity contribution in [1.82, 2.24) is 0 Å². The lowest BCUT2D eigenvalue weighted by Crippen LogP contribution is -2.34. The molecule has 1 fully saturated rings. The van der Waals surface area contributed by atoms with Gasteiger partial charge in [0.2, 0.25) is 0 Å². The number of methoxy groups -OCH3 is 1. The number of carbonyl (C=O) groups excluding carboxylic acids is 2. The number of hydrogen-bond acceptors (Lipinski definition) is 8. The third-order valence-electron chi connectivity index (χ3n) is 4.64. The summed E-state index contributed by atoms with van der Waals surface area (Å²) >= 11 is 0. The maximum absolute atomic E-state index is 12.6. The van der Waals surface area contributed by atoms with Gasteiger partial charge in [0, 0.05) is 24.5 Å². The number of aliphatic hydroxyl groups is 2. The number of ether oxygens (including phenoxy) is 3. The number of carbonyl (C=O) groups is 2. The molecule has 3 N–H and O–H groups in total. The van der Waals surface area contributed by atoms with Gasteiger partial charge in [0.15, 0.2) is 5.78 Å². The molecule has 8 heteroatoms. The van der Waals surface area contributed by atoms with E-state index in [0.717, 1.165) is 6.08 Å². The Morgan fingerprint density at radius 3 is 2.67 bits per heavy atom. The summed E-state index contributed by atoms with van der Waals surface area (Å²) in [6.45, 7) is 1.64. The number of benzene rings is 1. The lowest BCUT2D eigenvalue weighted by atomic mass is 9.97. The number of esters is 1. The molecule has 5 atom stereocenters. The summed E-state index contributed by atoms with van der Waals surface area (Å²) in [6, 6.07) is 2.87. The number of ketones is 1. The third kappa shape index (κ3) is 4.13. The molecule has 1 aromatic carbocycles. The summed E-state index contributed by atoms with van der Waals surface area (Å²) in [5.74, 6) is -1.31. The molecule has 0 spiro atoms. The Labute approximate surface area is 156 Å². The fourth-order valence-electron chi connectivity index (χ4n) is 3.10. The van der Waals surface area contributed by atoms with Gasteiger partial charge in [-0.15, -0.1) is 0 Å². The van der Waals surface area contributed by atoms with E-state index in [-0.39, 0.29) is 24.2 Å². The van der Waals surface area contributed by atoms with Crippen molar-refractivity contribution in [2.24, 2.45) is 0 Å². The number of hydrogen-bond donors (Lipinski definition) is 3. The van der Waals surface area contributed by atoms with Crippen LogP contribution in [0.15, 0.2) is 24.3 Å². The Morgan fingerprint density at radius 2 is 1.96 bits per heavy atom. The van der Waals surface area contributed by atoms with Gasteiger partial charge in [-0.2, -0.15) is 0 Å². The Bertz CT molecular complexity index is 771. The highest BCUT2D eigenvalue weighted by Gasteiger charge is 2.46. The molecule has 0 aromatic heterocycles. The molecule has 2 aliphatic heterocycles. The summed E-state index contributed by atoms with van der Waals surface area (Å²) in [7, 11) is 1.42. The zero-order chi connectivity index (χ0) is 19.7. The van der Waals surface area contributed by atoms with Crippen LogP contribution in [0.2, 0.25) is 0 Å². The first-order chi connectivity index (χ1) is 12.8. The maximum atomic E-state index is 12.6. The Hall–Kier alpha value is -2.42. The van der Waals surface area contributed by atoms with E-state index in [1.807, 2.05) is 0 Å². The quantitative estimate of drug-likeness (QED) is 0.489. The van der Waals surface area contributed by atoms with Crippen molar-refractivity contribution in [3.63, 3.8) is 0 Å². The number of epoxide rings is 1. The van der Waals surface area contributed by atoms with Gasteiger partial charge in [-0.25, -0.2) is 4.79 Å². The molecular formula is C19H22O8. The van der Waals surface area contributed by atoms with Crippen LogP contribution in [0.5, 0.6) is 11.5 Å². The predicted molar refractivity (Wildman–Crippen MR) is 92.5 cm³/mol. The van der Waals surface area contributed by atoms with Gasteiger partial charge >= 0.3 is 5.97 Å². The van der Waals surface area contributed by atoms with Crippen molar-refractivity contribution in [2.75, 3.05) is 7.11 Å². The first-order valence-electron chi connectivity index (χ1n) is 8.65. The number of phenols is 1. The molecule has 1 aromatic rings. The molecule has 27 heavy (non-hydrogen) atoms. The van der Waals surface area contributed by atoms with E-state index in [0.29, 0.717) is 11.3 Å². The van der Waals surface area contributed by atoms with Crippen LogP contribution in [-0.4, -0.2) is 58.6 Å². The van der Waals surface area contributed by atoms with E-state index in [9.17, 15) is 24.9 Å². The summed E-state index contributed by atoms with van der Waals surface area (Å²) in [6.07, 6.45) is -1.72. The molecule has 1 saturated heterocycles. The second kappa shape index (κ2) is 7.67. The minimum Gasteiger partial charge on any atom is -0.507 e. The van der Waals surface area contributed by atoms with Crippen molar-refractivity contribution < 1.29 is 39.1 Å². The van der Waals surface area contributed by atoms with Gasteiger partial charge in [-0.3, -0.25) is 4.79 Å². The van der Waals surface area contributed by atoms with Gasteiger partial charge in [0.1, 0.15) is 35.4 Å². The Balaban J connectivity index is 1.98. The van der Waals surface area contributed by atoms with Gasteiger partial charge < -0.3 is 29.5 Å². The Kier molecular flexibility index (Phi) is 5.50. The number of aliphatic hydroxyl groups excluding tert-OH is 2. The number of phenolic OH excluding ortho intramolecular Hbond substituents is 1. The lowest BCUT2D eigenvalue weighted by Gasteiger charge is -2.17. The first kappa shape index (κ1) is 19.3. The van der Waals surface area contributed by atoms with Gasteiger partial charge in [0.05, 0.1) is 19.3 Å².